The third-order valence-electron chi connectivity index (χ3n) is 4.26. The minimum Gasteiger partial charge on any atom is -0.353 e. The molecule has 2 N–H and O–H groups in total. The van der Waals surface area contributed by atoms with Crippen LogP contribution < -0.4 is 10.6 Å². The molecule has 3 unspecified atom stereocenters. The first-order valence-electron chi connectivity index (χ1n) is 7.95. The van der Waals surface area contributed by atoms with E-state index < -0.39 is 11.7 Å². The Morgan fingerprint density at radius 1 is 1.43 bits per heavy atom. The molecule has 1 aromatic carbocycles. The molecule has 0 spiro atoms. The fourth-order valence-electron chi connectivity index (χ4n) is 2.97. The smallest absolute Gasteiger partial charge is 0.353 e. The number of hydrogen-bond acceptors (Lipinski definition) is 2. The zero-order valence-electron chi connectivity index (χ0n) is 13.4. The SMILES string of the molecule is CC1CC(NC(=O)CC(C)c2cccc(C(F)(F)F)c2)CCN1. The van der Waals surface area contributed by atoms with Crippen LogP contribution >= 0.6 is 0 Å². The Bertz CT molecular complexity index is 545. The fourth-order valence-corrected chi connectivity index (χ4v) is 2.97. The standard InChI is InChI=1S/C17H23F3N2O/c1-11(13-4-3-5-14(10-13)17(18,19)20)8-16(23)22-15-6-7-21-12(2)9-15/h3-5,10-12,15,21H,6-9H2,1-2H3,(H,22,23). The molecule has 0 aliphatic carbocycles. The third-order valence-corrected chi connectivity index (χ3v) is 4.26. The molecule has 23 heavy (non-hydrogen) atoms. The Labute approximate surface area is 134 Å². The molecule has 1 aliphatic rings. The number of hydrogen-bond donors (Lipinski definition) is 2. The molecule has 1 aromatic rings. The zero-order chi connectivity index (χ0) is 17.0. The van der Waals surface area contributed by atoms with Crippen molar-refractivity contribution < 1.29 is 18.0 Å². The van der Waals surface area contributed by atoms with E-state index in [0.717, 1.165) is 31.5 Å². The molecule has 1 fully saturated rings. The van der Waals surface area contributed by atoms with E-state index in [1.165, 1.54) is 6.07 Å². The van der Waals surface area contributed by atoms with Crippen LogP contribution in [0.2, 0.25) is 0 Å². The van der Waals surface area contributed by atoms with Crippen LogP contribution in [0.5, 0.6) is 0 Å². The summed E-state index contributed by atoms with van der Waals surface area (Å²) in [5.41, 5.74) is -0.136. The summed E-state index contributed by atoms with van der Waals surface area (Å²) >= 11 is 0. The van der Waals surface area contributed by atoms with Crippen molar-refractivity contribution in [1.82, 2.24) is 10.6 Å². The first-order chi connectivity index (χ1) is 10.8. The van der Waals surface area contributed by atoms with Crippen molar-refractivity contribution in [2.45, 2.75) is 57.3 Å². The fraction of sp³-hybridized carbons (Fsp3) is 0.588. The summed E-state index contributed by atoms with van der Waals surface area (Å²) < 4.78 is 38.3. The minimum absolute atomic E-state index is 0.103. The molecule has 0 saturated carbocycles. The predicted molar refractivity (Wildman–Crippen MR) is 83.1 cm³/mol. The van der Waals surface area contributed by atoms with Crippen molar-refractivity contribution in [3.63, 3.8) is 0 Å². The molecular formula is C17H23F3N2O. The van der Waals surface area contributed by atoms with Gasteiger partial charge in [0.2, 0.25) is 5.91 Å². The molecule has 1 aliphatic heterocycles. The van der Waals surface area contributed by atoms with Crippen molar-refractivity contribution in [3.8, 4) is 0 Å². The van der Waals surface area contributed by atoms with Gasteiger partial charge < -0.3 is 10.6 Å². The molecule has 6 heteroatoms. The van der Waals surface area contributed by atoms with Crippen LogP contribution in [0.1, 0.15) is 50.2 Å². The topological polar surface area (TPSA) is 41.1 Å². The van der Waals surface area contributed by atoms with E-state index in [1.54, 1.807) is 13.0 Å². The van der Waals surface area contributed by atoms with Gasteiger partial charge in [-0.15, -0.1) is 0 Å². The highest BCUT2D eigenvalue weighted by Gasteiger charge is 2.31. The predicted octanol–water partition coefficient (Wildman–Crippen LogP) is 3.46. The van der Waals surface area contributed by atoms with Gasteiger partial charge in [0.1, 0.15) is 0 Å². The maximum absolute atomic E-state index is 12.8. The summed E-state index contributed by atoms with van der Waals surface area (Å²) in [6, 6.07) is 5.72. The van der Waals surface area contributed by atoms with Gasteiger partial charge in [-0.05, 0) is 43.9 Å². The van der Waals surface area contributed by atoms with Gasteiger partial charge in [-0.1, -0.05) is 25.1 Å². The average Bonchev–Trinajstić information content (AvgIpc) is 2.46. The first-order valence-corrected chi connectivity index (χ1v) is 7.95. The van der Waals surface area contributed by atoms with E-state index in [2.05, 4.69) is 17.6 Å². The molecule has 2 rings (SSSR count). The summed E-state index contributed by atoms with van der Waals surface area (Å²) in [4.78, 5) is 12.1. The van der Waals surface area contributed by atoms with Crippen LogP contribution in [0.25, 0.3) is 0 Å². The lowest BCUT2D eigenvalue weighted by atomic mass is 9.95. The van der Waals surface area contributed by atoms with Crippen molar-refractivity contribution >= 4 is 5.91 Å². The minimum atomic E-state index is -4.36. The van der Waals surface area contributed by atoms with Crippen LogP contribution in [-0.2, 0) is 11.0 Å². The highest BCUT2D eigenvalue weighted by molar-refractivity contribution is 5.77. The number of nitrogens with one attached hydrogen (secondary N) is 2. The van der Waals surface area contributed by atoms with Gasteiger partial charge >= 0.3 is 6.18 Å². The van der Waals surface area contributed by atoms with Crippen molar-refractivity contribution in [1.29, 1.82) is 0 Å². The van der Waals surface area contributed by atoms with E-state index in [1.807, 2.05) is 0 Å². The quantitative estimate of drug-likeness (QED) is 0.889. The Morgan fingerprint density at radius 2 is 2.17 bits per heavy atom. The summed E-state index contributed by atoms with van der Waals surface area (Å²) in [5.74, 6) is -0.356. The Hall–Kier alpha value is -1.56. The molecule has 3 atom stereocenters. The largest absolute Gasteiger partial charge is 0.416 e. The summed E-state index contributed by atoms with van der Waals surface area (Å²) in [6.45, 7) is 4.72. The number of carbonyl (C=O) groups is 1. The van der Waals surface area contributed by atoms with Crippen molar-refractivity contribution in [2.24, 2.45) is 0 Å². The van der Waals surface area contributed by atoms with Gasteiger partial charge in [-0.3, -0.25) is 4.79 Å². The van der Waals surface area contributed by atoms with Gasteiger partial charge in [0.15, 0.2) is 0 Å². The van der Waals surface area contributed by atoms with E-state index in [-0.39, 0.29) is 24.3 Å². The van der Waals surface area contributed by atoms with E-state index in [0.29, 0.717) is 11.6 Å². The number of alkyl halides is 3. The first kappa shape index (κ1) is 17.8. The second-order valence-corrected chi connectivity index (χ2v) is 6.37. The van der Waals surface area contributed by atoms with Gasteiger partial charge in [-0.25, -0.2) is 0 Å². The van der Waals surface area contributed by atoms with E-state index >= 15 is 0 Å². The maximum Gasteiger partial charge on any atom is 0.416 e. The molecular weight excluding hydrogens is 305 g/mol. The summed E-state index contributed by atoms with van der Waals surface area (Å²) in [7, 11) is 0. The normalized spacial score (nSPS) is 23.3. The van der Waals surface area contributed by atoms with Crippen LogP contribution in [0.15, 0.2) is 24.3 Å². The lowest BCUT2D eigenvalue weighted by molar-refractivity contribution is -0.137. The van der Waals surface area contributed by atoms with E-state index in [9.17, 15) is 18.0 Å². The molecule has 1 saturated heterocycles. The molecule has 0 aromatic heterocycles. The van der Waals surface area contributed by atoms with Crippen molar-refractivity contribution in [2.75, 3.05) is 6.54 Å². The monoisotopic (exact) mass is 328 g/mol. The summed E-state index contributed by atoms with van der Waals surface area (Å²) in [5, 5.41) is 6.31. The average molecular weight is 328 g/mol. The highest BCUT2D eigenvalue weighted by atomic mass is 19.4. The molecule has 1 heterocycles. The lowest BCUT2D eigenvalue weighted by Gasteiger charge is -2.29. The second kappa shape index (κ2) is 7.34. The van der Waals surface area contributed by atoms with E-state index in [4.69, 9.17) is 0 Å². The lowest BCUT2D eigenvalue weighted by Crippen LogP contribution is -2.46. The highest BCUT2D eigenvalue weighted by Crippen LogP contribution is 2.31. The number of piperidine rings is 1. The molecule has 0 bridgehead atoms. The van der Waals surface area contributed by atoms with Crippen LogP contribution in [0.3, 0.4) is 0 Å². The van der Waals surface area contributed by atoms with Gasteiger partial charge in [0.05, 0.1) is 5.56 Å². The zero-order valence-corrected chi connectivity index (χ0v) is 13.4. The number of amides is 1. The maximum atomic E-state index is 12.8. The number of benzene rings is 1. The van der Waals surface area contributed by atoms with Gasteiger partial charge in [-0.2, -0.15) is 13.2 Å². The van der Waals surface area contributed by atoms with Crippen molar-refractivity contribution in [3.05, 3.63) is 35.4 Å². The van der Waals surface area contributed by atoms with Crippen LogP contribution in [0.4, 0.5) is 13.2 Å². The Balaban J connectivity index is 1.93. The number of rotatable bonds is 4. The number of halogens is 3. The number of carbonyl (C=O) groups excluding carboxylic acids is 1. The van der Waals surface area contributed by atoms with Gasteiger partial charge in [0.25, 0.3) is 0 Å². The molecule has 128 valence electrons. The third kappa shape index (κ3) is 5.23. The van der Waals surface area contributed by atoms with Crippen LogP contribution in [0, 0.1) is 0 Å². The molecule has 0 radical (unpaired) electrons. The van der Waals surface area contributed by atoms with Gasteiger partial charge in [0, 0.05) is 18.5 Å². The van der Waals surface area contributed by atoms with Crippen LogP contribution in [-0.4, -0.2) is 24.5 Å². The molecule has 1 amide bonds. The molecule has 3 nitrogen and oxygen atoms in total. The Kier molecular flexibility index (Phi) is 5.68. The Morgan fingerprint density at radius 3 is 2.83 bits per heavy atom. The second-order valence-electron chi connectivity index (χ2n) is 6.37. The summed E-state index contributed by atoms with van der Waals surface area (Å²) in [6.07, 6.45) is -2.40.